The molecular weight excluding hydrogens is 677 g/mol. The van der Waals surface area contributed by atoms with Crippen LogP contribution in [0.2, 0.25) is 0 Å². The molecule has 11 rings (SSSR count). The molecular formula is C49H34N4O2. The number of fused-ring (bicyclic) bond motifs is 9. The van der Waals surface area contributed by atoms with Crippen LogP contribution in [-0.2, 0) is 0 Å². The number of nitrogens with zero attached hydrogens (tertiary/aromatic N) is 4. The second kappa shape index (κ2) is 12.8. The predicted molar refractivity (Wildman–Crippen MR) is 221 cm³/mol. The van der Waals surface area contributed by atoms with E-state index in [2.05, 4.69) is 126 Å². The first-order valence-electron chi connectivity index (χ1n) is 18.9. The number of aromatic nitrogens is 4. The van der Waals surface area contributed by atoms with Crippen molar-refractivity contribution in [1.29, 1.82) is 0 Å². The Labute approximate surface area is 318 Å². The molecule has 2 aromatic heterocycles. The minimum Gasteiger partial charge on any atom is -0.449 e. The van der Waals surface area contributed by atoms with Gasteiger partial charge in [-0.3, -0.25) is 0 Å². The smallest absolute Gasteiger partial charge is 0.195 e. The molecule has 8 aromatic rings. The fourth-order valence-corrected chi connectivity index (χ4v) is 8.22. The lowest BCUT2D eigenvalue weighted by atomic mass is 9.89. The summed E-state index contributed by atoms with van der Waals surface area (Å²) in [4.78, 5) is 15.0. The van der Waals surface area contributed by atoms with Gasteiger partial charge in [0.25, 0.3) is 0 Å². The molecule has 2 aliphatic carbocycles. The number of allylic oxidation sites excluding steroid dienone is 8. The van der Waals surface area contributed by atoms with Crippen LogP contribution in [0.5, 0.6) is 23.0 Å². The van der Waals surface area contributed by atoms with E-state index >= 15 is 0 Å². The zero-order valence-electron chi connectivity index (χ0n) is 29.9. The van der Waals surface area contributed by atoms with Crippen LogP contribution in [-0.4, -0.2) is 19.5 Å². The van der Waals surface area contributed by atoms with Gasteiger partial charge in [0.05, 0.1) is 5.52 Å². The minimum atomic E-state index is 0.159. The number of hydrogen-bond donors (Lipinski definition) is 0. The first kappa shape index (κ1) is 31.5. The summed E-state index contributed by atoms with van der Waals surface area (Å²) in [5.74, 6) is 5.12. The first-order chi connectivity index (χ1) is 27.3. The summed E-state index contributed by atoms with van der Waals surface area (Å²) >= 11 is 0. The molecule has 55 heavy (non-hydrogen) atoms. The van der Waals surface area contributed by atoms with Gasteiger partial charge < -0.3 is 14.0 Å². The number of para-hydroxylation sites is 3. The zero-order chi connectivity index (χ0) is 36.3. The summed E-state index contributed by atoms with van der Waals surface area (Å²) in [7, 11) is 0. The van der Waals surface area contributed by atoms with Crippen molar-refractivity contribution in [3.05, 3.63) is 181 Å². The highest BCUT2D eigenvalue weighted by Crippen LogP contribution is 2.55. The van der Waals surface area contributed by atoms with Crippen molar-refractivity contribution in [3.63, 3.8) is 0 Å². The molecule has 6 heteroatoms. The Bertz CT molecular complexity index is 2950. The average molecular weight is 711 g/mol. The third-order valence-corrected chi connectivity index (χ3v) is 10.8. The molecule has 1 aliphatic heterocycles. The van der Waals surface area contributed by atoms with Crippen molar-refractivity contribution in [2.75, 3.05) is 0 Å². The summed E-state index contributed by atoms with van der Waals surface area (Å²) < 4.78 is 15.7. The highest BCUT2D eigenvalue weighted by atomic mass is 16.6. The maximum atomic E-state index is 6.76. The van der Waals surface area contributed by atoms with Gasteiger partial charge in [-0.1, -0.05) is 134 Å². The molecule has 3 heterocycles. The molecule has 0 radical (unpaired) electrons. The summed E-state index contributed by atoms with van der Waals surface area (Å²) in [5, 5.41) is 4.47. The standard InChI is InChI=1S/C49H34N4O2/c1-3-14-32(15-4-1)47-50-48(33-16-5-2-6-17-33)52-49(51-47)35-19-13-18-34(30-35)31-26-28-36(29-27-31)53-40-23-10-9-22-39(40)43-37-20-7-8-21-38(37)45-46(44(43)53)55-42-25-12-11-24-41(42)54-45/h1,3-5,7-17,19-30,34H,2,6,18H2. The molecule has 6 nitrogen and oxygen atoms in total. The van der Waals surface area contributed by atoms with Crippen LogP contribution < -0.4 is 9.47 Å². The second-order valence-electron chi connectivity index (χ2n) is 14.2. The molecule has 1 unspecified atom stereocenters. The van der Waals surface area contributed by atoms with Gasteiger partial charge in [0.15, 0.2) is 40.5 Å². The van der Waals surface area contributed by atoms with E-state index in [0.29, 0.717) is 29.0 Å². The molecule has 0 saturated heterocycles. The summed E-state index contributed by atoms with van der Waals surface area (Å²) in [6.07, 6.45) is 16.1. The number of rotatable bonds is 5. The van der Waals surface area contributed by atoms with Crippen molar-refractivity contribution in [1.82, 2.24) is 19.5 Å². The van der Waals surface area contributed by atoms with Crippen LogP contribution in [0.3, 0.4) is 0 Å². The molecule has 0 saturated carbocycles. The first-order valence-corrected chi connectivity index (χ1v) is 18.9. The summed E-state index contributed by atoms with van der Waals surface area (Å²) in [5.41, 5.74) is 7.39. The van der Waals surface area contributed by atoms with Crippen LogP contribution in [0.1, 0.15) is 42.4 Å². The van der Waals surface area contributed by atoms with Crippen LogP contribution >= 0.6 is 0 Å². The van der Waals surface area contributed by atoms with Crippen molar-refractivity contribution in [3.8, 4) is 40.1 Å². The average Bonchev–Trinajstić information content (AvgIpc) is 3.62. The Balaban J connectivity index is 1.02. The molecule has 0 bridgehead atoms. The fourth-order valence-electron chi connectivity index (χ4n) is 8.22. The molecule has 3 aliphatic rings. The maximum absolute atomic E-state index is 6.76. The summed E-state index contributed by atoms with van der Waals surface area (Å²) in [6.45, 7) is 0. The van der Waals surface area contributed by atoms with Gasteiger partial charge in [-0.15, -0.1) is 0 Å². The van der Waals surface area contributed by atoms with E-state index in [1.54, 1.807) is 0 Å². The van der Waals surface area contributed by atoms with Gasteiger partial charge in [-0.2, -0.15) is 0 Å². The van der Waals surface area contributed by atoms with E-state index in [0.717, 1.165) is 80.4 Å². The van der Waals surface area contributed by atoms with E-state index in [4.69, 9.17) is 24.4 Å². The van der Waals surface area contributed by atoms with Crippen LogP contribution in [0, 0.1) is 0 Å². The monoisotopic (exact) mass is 710 g/mol. The third-order valence-electron chi connectivity index (χ3n) is 10.8. The van der Waals surface area contributed by atoms with Gasteiger partial charge in [0.2, 0.25) is 0 Å². The van der Waals surface area contributed by atoms with Crippen molar-refractivity contribution in [2.24, 2.45) is 0 Å². The van der Waals surface area contributed by atoms with Crippen molar-refractivity contribution >= 4 is 43.7 Å². The largest absolute Gasteiger partial charge is 0.449 e. The topological polar surface area (TPSA) is 62.1 Å². The Morgan fingerprint density at radius 1 is 0.545 bits per heavy atom. The third kappa shape index (κ3) is 5.29. The van der Waals surface area contributed by atoms with E-state index in [-0.39, 0.29) is 5.92 Å². The lowest BCUT2D eigenvalue weighted by molar-refractivity contribution is 0.366. The molecule has 1 atom stereocenters. The van der Waals surface area contributed by atoms with E-state index in [1.165, 1.54) is 10.9 Å². The number of hydrogen-bond acceptors (Lipinski definition) is 5. The Kier molecular flexibility index (Phi) is 7.33. The lowest BCUT2D eigenvalue weighted by Gasteiger charge is -2.24. The van der Waals surface area contributed by atoms with E-state index in [1.807, 2.05) is 42.5 Å². The predicted octanol–water partition coefficient (Wildman–Crippen LogP) is 12.5. The summed E-state index contributed by atoms with van der Waals surface area (Å²) in [6, 6.07) is 44.1. The van der Waals surface area contributed by atoms with Gasteiger partial charge in [0, 0.05) is 44.5 Å². The molecule has 0 fully saturated rings. The Hall–Kier alpha value is -7.05. The molecule has 6 aromatic carbocycles. The fraction of sp³-hybridized carbons (Fsp3) is 0.0816. The van der Waals surface area contributed by atoms with Crippen molar-refractivity contribution < 1.29 is 9.47 Å². The molecule has 0 spiro atoms. The highest BCUT2D eigenvalue weighted by molar-refractivity contribution is 6.25. The molecule has 0 N–H and O–H groups in total. The molecule has 262 valence electrons. The van der Waals surface area contributed by atoms with Crippen LogP contribution in [0.25, 0.3) is 60.8 Å². The number of ether oxygens (including phenoxy) is 2. The van der Waals surface area contributed by atoms with Gasteiger partial charge in [-0.05, 0) is 60.5 Å². The van der Waals surface area contributed by atoms with E-state index in [9.17, 15) is 0 Å². The van der Waals surface area contributed by atoms with Gasteiger partial charge >= 0.3 is 0 Å². The second-order valence-corrected chi connectivity index (χ2v) is 14.2. The van der Waals surface area contributed by atoms with Crippen LogP contribution in [0.4, 0.5) is 0 Å². The number of benzene rings is 6. The minimum absolute atomic E-state index is 0.159. The van der Waals surface area contributed by atoms with E-state index < -0.39 is 0 Å². The Morgan fingerprint density at radius 2 is 1.20 bits per heavy atom. The zero-order valence-corrected chi connectivity index (χ0v) is 29.9. The molecule has 0 amide bonds. The van der Waals surface area contributed by atoms with Gasteiger partial charge in [0.1, 0.15) is 5.52 Å². The Morgan fingerprint density at radius 3 is 1.98 bits per heavy atom. The highest BCUT2D eigenvalue weighted by Gasteiger charge is 2.29. The quantitative estimate of drug-likeness (QED) is 0.178. The normalized spacial score (nSPS) is 16.0. The van der Waals surface area contributed by atoms with Gasteiger partial charge in [-0.25, -0.2) is 15.0 Å². The maximum Gasteiger partial charge on any atom is 0.195 e. The van der Waals surface area contributed by atoms with Crippen molar-refractivity contribution in [2.45, 2.75) is 25.2 Å². The lowest BCUT2D eigenvalue weighted by Crippen LogP contribution is -2.07. The van der Waals surface area contributed by atoms with Crippen LogP contribution in [0.15, 0.2) is 164 Å². The SMILES string of the molecule is C1=CC(c2nc(C3=CC(c4ccc(-n5c6ccccc6c6c7ccccc7c7c(c65)Oc5ccccc5O7)cc4)CC=C3)nc(-c3ccccc3)n2)=CCC1.